The van der Waals surface area contributed by atoms with E-state index in [4.69, 9.17) is 17.3 Å². The molecule has 0 saturated heterocycles. The Labute approximate surface area is 112 Å². The molecule has 0 amide bonds. The summed E-state index contributed by atoms with van der Waals surface area (Å²) in [6.45, 7) is -0.219. The van der Waals surface area contributed by atoms with Crippen LogP contribution in [0.3, 0.4) is 0 Å². The van der Waals surface area contributed by atoms with E-state index >= 15 is 0 Å². The first-order chi connectivity index (χ1) is 8.91. The highest BCUT2D eigenvalue weighted by molar-refractivity contribution is 6.30. The molecular formula is C12H11ClFN3O2. The molecule has 0 spiro atoms. The zero-order valence-electron chi connectivity index (χ0n) is 10.1. The topological polar surface area (TPSA) is 70.0 Å². The Hall–Kier alpha value is -2.08. The largest absolute Gasteiger partial charge is 0.393 e. The maximum atomic E-state index is 13.8. The summed E-state index contributed by atoms with van der Waals surface area (Å²) in [6, 6.07) is 4.39. The molecule has 7 heteroatoms. The molecule has 19 heavy (non-hydrogen) atoms. The molecule has 1 heterocycles. The van der Waals surface area contributed by atoms with Crippen molar-refractivity contribution in [3.8, 4) is 0 Å². The third-order valence-corrected chi connectivity index (χ3v) is 3.01. The third kappa shape index (κ3) is 2.39. The van der Waals surface area contributed by atoms with E-state index in [0.717, 1.165) is 4.57 Å². The summed E-state index contributed by atoms with van der Waals surface area (Å²) in [4.78, 5) is 23.7. The van der Waals surface area contributed by atoms with Gasteiger partial charge in [0.25, 0.3) is 5.56 Å². The number of anilines is 1. The molecule has 0 bridgehead atoms. The Morgan fingerprint density at radius 1 is 1.37 bits per heavy atom. The second-order valence-electron chi connectivity index (χ2n) is 4.08. The quantitative estimate of drug-likeness (QED) is 0.893. The minimum Gasteiger partial charge on any atom is -0.393 e. The summed E-state index contributed by atoms with van der Waals surface area (Å²) < 4.78 is 15.8. The maximum absolute atomic E-state index is 13.8. The van der Waals surface area contributed by atoms with E-state index in [0.29, 0.717) is 0 Å². The van der Waals surface area contributed by atoms with Gasteiger partial charge in [-0.2, -0.15) is 0 Å². The Morgan fingerprint density at radius 2 is 2.05 bits per heavy atom. The van der Waals surface area contributed by atoms with E-state index in [1.807, 2.05) is 0 Å². The van der Waals surface area contributed by atoms with Crippen molar-refractivity contribution < 1.29 is 4.39 Å². The van der Waals surface area contributed by atoms with E-state index < -0.39 is 17.1 Å². The molecule has 5 nitrogen and oxygen atoms in total. The number of hydrogen-bond acceptors (Lipinski definition) is 3. The van der Waals surface area contributed by atoms with Crippen LogP contribution in [0, 0.1) is 5.82 Å². The van der Waals surface area contributed by atoms with Crippen molar-refractivity contribution in [3.05, 3.63) is 61.6 Å². The van der Waals surface area contributed by atoms with Gasteiger partial charge in [0.05, 0.1) is 11.6 Å². The van der Waals surface area contributed by atoms with Crippen molar-refractivity contribution in [2.45, 2.75) is 6.54 Å². The summed E-state index contributed by atoms with van der Waals surface area (Å²) in [7, 11) is 1.46. The standard InChI is InChI=1S/C12H11ClFN3O2/c1-16-6-9(15)11(18)17(12(16)19)5-7-3-2-4-8(13)10(7)14/h2-4,6H,5,15H2,1H3. The number of benzene rings is 1. The smallest absolute Gasteiger partial charge is 0.331 e. The van der Waals surface area contributed by atoms with Gasteiger partial charge in [0, 0.05) is 18.8 Å². The zero-order valence-corrected chi connectivity index (χ0v) is 10.8. The summed E-state index contributed by atoms with van der Waals surface area (Å²) in [6.07, 6.45) is 1.23. The Kier molecular flexibility index (Phi) is 3.44. The highest BCUT2D eigenvalue weighted by atomic mass is 35.5. The van der Waals surface area contributed by atoms with Gasteiger partial charge in [-0.15, -0.1) is 0 Å². The molecule has 0 radical (unpaired) electrons. The predicted octanol–water partition coefficient (Wildman–Crippen LogP) is 0.970. The van der Waals surface area contributed by atoms with Crippen LogP contribution in [0.4, 0.5) is 10.1 Å². The average molecular weight is 284 g/mol. The number of halogens is 2. The molecule has 2 N–H and O–H groups in total. The molecule has 1 aromatic heterocycles. The predicted molar refractivity (Wildman–Crippen MR) is 70.9 cm³/mol. The van der Waals surface area contributed by atoms with Crippen LogP contribution in [0.5, 0.6) is 0 Å². The molecule has 0 aliphatic carbocycles. The van der Waals surface area contributed by atoms with Crippen molar-refractivity contribution in [1.82, 2.24) is 9.13 Å². The highest BCUT2D eigenvalue weighted by Gasteiger charge is 2.12. The fourth-order valence-corrected chi connectivity index (χ4v) is 1.93. The molecular weight excluding hydrogens is 273 g/mol. The molecule has 0 unspecified atom stereocenters. The van der Waals surface area contributed by atoms with Gasteiger partial charge >= 0.3 is 5.69 Å². The van der Waals surface area contributed by atoms with Gasteiger partial charge in [0.1, 0.15) is 11.5 Å². The Bertz CT molecular complexity index is 717. The number of aromatic nitrogens is 2. The summed E-state index contributed by atoms with van der Waals surface area (Å²) in [5, 5.41) is -0.0636. The number of nitrogens with zero attached hydrogens (tertiary/aromatic N) is 2. The van der Waals surface area contributed by atoms with Crippen LogP contribution in [0.15, 0.2) is 34.0 Å². The molecule has 2 aromatic rings. The molecule has 0 fully saturated rings. The first-order valence-corrected chi connectivity index (χ1v) is 5.78. The molecule has 100 valence electrons. The van der Waals surface area contributed by atoms with Crippen LogP contribution in [-0.2, 0) is 13.6 Å². The molecule has 0 aliphatic heterocycles. The first kappa shape index (κ1) is 13.4. The van der Waals surface area contributed by atoms with Gasteiger partial charge in [0.15, 0.2) is 0 Å². The lowest BCUT2D eigenvalue weighted by Crippen LogP contribution is -2.40. The van der Waals surface area contributed by atoms with E-state index in [9.17, 15) is 14.0 Å². The van der Waals surface area contributed by atoms with Crippen LogP contribution in [-0.4, -0.2) is 9.13 Å². The monoisotopic (exact) mass is 283 g/mol. The van der Waals surface area contributed by atoms with Crippen LogP contribution in [0.1, 0.15) is 5.56 Å². The SMILES string of the molecule is Cn1cc(N)c(=O)n(Cc2cccc(Cl)c2F)c1=O. The fraction of sp³-hybridized carbons (Fsp3) is 0.167. The number of nitrogen functional groups attached to an aromatic ring is 1. The maximum Gasteiger partial charge on any atom is 0.331 e. The zero-order chi connectivity index (χ0) is 14.2. The van der Waals surface area contributed by atoms with E-state index in [1.54, 1.807) is 6.07 Å². The van der Waals surface area contributed by atoms with Crippen molar-refractivity contribution in [2.24, 2.45) is 7.05 Å². The van der Waals surface area contributed by atoms with Gasteiger partial charge in [-0.1, -0.05) is 23.7 Å². The average Bonchev–Trinajstić information content (AvgIpc) is 2.37. The van der Waals surface area contributed by atoms with Crippen molar-refractivity contribution in [3.63, 3.8) is 0 Å². The molecule has 2 rings (SSSR count). The van der Waals surface area contributed by atoms with Gasteiger partial charge in [-0.05, 0) is 6.07 Å². The first-order valence-electron chi connectivity index (χ1n) is 5.40. The normalized spacial score (nSPS) is 10.7. The molecule has 0 saturated carbocycles. The molecule has 1 aromatic carbocycles. The fourth-order valence-electron chi connectivity index (χ4n) is 1.73. The van der Waals surface area contributed by atoms with E-state index in [1.165, 1.54) is 29.9 Å². The van der Waals surface area contributed by atoms with Crippen LogP contribution < -0.4 is 17.0 Å². The lowest BCUT2D eigenvalue weighted by atomic mass is 10.2. The van der Waals surface area contributed by atoms with Gasteiger partial charge in [-0.3, -0.25) is 9.36 Å². The van der Waals surface area contributed by atoms with Gasteiger partial charge in [0.2, 0.25) is 0 Å². The minimum absolute atomic E-state index is 0.0636. The number of aryl methyl sites for hydroxylation is 1. The summed E-state index contributed by atoms with van der Waals surface area (Å²) in [5.74, 6) is -0.652. The third-order valence-electron chi connectivity index (χ3n) is 2.72. The van der Waals surface area contributed by atoms with Crippen LogP contribution >= 0.6 is 11.6 Å². The minimum atomic E-state index is -0.652. The Morgan fingerprint density at radius 3 is 2.74 bits per heavy atom. The van der Waals surface area contributed by atoms with E-state index in [2.05, 4.69) is 0 Å². The second-order valence-corrected chi connectivity index (χ2v) is 4.49. The number of hydrogen-bond donors (Lipinski definition) is 1. The molecule has 0 aliphatic rings. The molecule has 0 atom stereocenters. The number of nitrogens with two attached hydrogens (primary N) is 1. The number of rotatable bonds is 2. The second kappa shape index (κ2) is 4.89. The van der Waals surface area contributed by atoms with E-state index in [-0.39, 0.29) is 22.8 Å². The summed E-state index contributed by atoms with van der Waals surface area (Å²) >= 11 is 5.65. The van der Waals surface area contributed by atoms with Crippen LogP contribution in [0.2, 0.25) is 5.02 Å². The van der Waals surface area contributed by atoms with Crippen molar-refractivity contribution in [1.29, 1.82) is 0 Å². The van der Waals surface area contributed by atoms with Crippen LogP contribution in [0.25, 0.3) is 0 Å². The van der Waals surface area contributed by atoms with Crippen molar-refractivity contribution >= 4 is 17.3 Å². The lowest BCUT2D eigenvalue weighted by molar-refractivity contribution is 0.579. The summed E-state index contributed by atoms with van der Waals surface area (Å²) in [5.41, 5.74) is 4.35. The highest BCUT2D eigenvalue weighted by Crippen LogP contribution is 2.17. The van der Waals surface area contributed by atoms with Gasteiger partial charge in [-0.25, -0.2) is 9.18 Å². The lowest BCUT2D eigenvalue weighted by Gasteiger charge is -2.09. The van der Waals surface area contributed by atoms with Gasteiger partial charge < -0.3 is 10.3 Å². The van der Waals surface area contributed by atoms with Crippen molar-refractivity contribution in [2.75, 3.05) is 5.73 Å². The Balaban J connectivity index is 2.59.